The largest absolute Gasteiger partial charge is 0.140 e. The molecule has 0 saturated carbocycles. The molecule has 1 atom stereocenters. The van der Waals surface area contributed by atoms with Crippen molar-refractivity contribution in [2.75, 3.05) is 0 Å². The molecule has 2 aromatic carbocycles. The number of rotatable bonds is 3. The monoisotopic (exact) mass is 526 g/mol. The van der Waals surface area contributed by atoms with Crippen molar-refractivity contribution < 1.29 is 0 Å². The van der Waals surface area contributed by atoms with Crippen LogP contribution in [0.2, 0.25) is 0 Å². The molecule has 0 amide bonds. The molecule has 0 aliphatic heterocycles. The van der Waals surface area contributed by atoms with E-state index in [9.17, 15) is 0 Å². The molecule has 0 saturated heterocycles. The van der Waals surface area contributed by atoms with Crippen LogP contribution in [0.4, 0.5) is 0 Å². The van der Waals surface area contributed by atoms with Gasteiger partial charge in [0.05, 0.1) is 0 Å². The average molecular weight is 528 g/mol. The molecule has 3 heteroatoms. The van der Waals surface area contributed by atoms with Gasteiger partial charge in [-0.05, 0) is 108 Å². The van der Waals surface area contributed by atoms with Gasteiger partial charge < -0.3 is 0 Å². The second-order valence-corrected chi connectivity index (χ2v) is 11.4. The zero-order chi connectivity index (χ0) is 20.4. The molecule has 0 fully saturated rings. The molecule has 0 nitrogen and oxygen atoms in total. The Balaban J connectivity index is 1.49. The number of hydrogen-bond acceptors (Lipinski definition) is 1. The van der Waals surface area contributed by atoms with Gasteiger partial charge in [-0.2, -0.15) is 0 Å². The molecule has 0 radical (unpaired) electrons. The van der Waals surface area contributed by atoms with Crippen LogP contribution in [0, 0.1) is 13.8 Å². The highest BCUT2D eigenvalue weighted by Gasteiger charge is 2.28. The van der Waals surface area contributed by atoms with Gasteiger partial charge in [0, 0.05) is 29.8 Å². The summed E-state index contributed by atoms with van der Waals surface area (Å²) >= 11 is 9.64. The number of halogens is 2. The SMILES string of the molecule is CC1=Cc2c(Br)cccc2C1CCC1=C(C)Cc2c1cc1sc(C)c(C)c1c2Br. The molecular formula is C26H24Br2S. The number of thiophene rings is 1. The van der Waals surface area contributed by atoms with Crippen molar-refractivity contribution in [3.8, 4) is 0 Å². The van der Waals surface area contributed by atoms with Crippen LogP contribution in [0.3, 0.4) is 0 Å². The summed E-state index contributed by atoms with van der Waals surface area (Å²) in [6, 6.07) is 9.10. The van der Waals surface area contributed by atoms with Crippen LogP contribution in [-0.2, 0) is 6.42 Å². The Bertz CT molecular complexity index is 1240. The number of aryl methyl sites for hydroxylation is 2. The van der Waals surface area contributed by atoms with Gasteiger partial charge in [-0.3, -0.25) is 0 Å². The fourth-order valence-electron chi connectivity index (χ4n) is 5.16. The first-order chi connectivity index (χ1) is 13.9. The molecule has 0 N–H and O–H groups in total. The molecule has 1 unspecified atom stereocenters. The van der Waals surface area contributed by atoms with Crippen molar-refractivity contribution in [3.05, 3.63) is 77.1 Å². The van der Waals surface area contributed by atoms with Gasteiger partial charge in [0.2, 0.25) is 0 Å². The second kappa shape index (κ2) is 7.21. The molecule has 29 heavy (non-hydrogen) atoms. The van der Waals surface area contributed by atoms with Gasteiger partial charge in [-0.15, -0.1) is 11.3 Å². The summed E-state index contributed by atoms with van der Waals surface area (Å²) in [6.07, 6.45) is 5.76. The highest BCUT2D eigenvalue weighted by Crippen LogP contribution is 2.48. The van der Waals surface area contributed by atoms with Crippen molar-refractivity contribution in [3.63, 3.8) is 0 Å². The van der Waals surface area contributed by atoms with E-state index in [0.717, 1.165) is 12.8 Å². The fraction of sp³-hybridized carbons (Fsp3) is 0.308. The smallest absolute Gasteiger partial charge is 0.0365 e. The molecular weight excluding hydrogens is 504 g/mol. The molecule has 0 bridgehead atoms. The van der Waals surface area contributed by atoms with Crippen molar-refractivity contribution in [2.45, 2.75) is 52.9 Å². The van der Waals surface area contributed by atoms with Gasteiger partial charge in [0.25, 0.3) is 0 Å². The predicted molar refractivity (Wildman–Crippen MR) is 135 cm³/mol. The maximum atomic E-state index is 3.97. The molecule has 5 rings (SSSR count). The van der Waals surface area contributed by atoms with Gasteiger partial charge >= 0.3 is 0 Å². The molecule has 2 aliphatic rings. The van der Waals surface area contributed by atoms with E-state index in [2.05, 4.69) is 89.9 Å². The third-order valence-corrected chi connectivity index (χ3v) is 9.57. The average Bonchev–Trinajstić information content (AvgIpc) is 3.27. The van der Waals surface area contributed by atoms with E-state index < -0.39 is 0 Å². The Labute approximate surface area is 194 Å². The summed E-state index contributed by atoms with van der Waals surface area (Å²) in [5.41, 5.74) is 11.9. The van der Waals surface area contributed by atoms with Gasteiger partial charge in [-0.1, -0.05) is 45.3 Å². The summed E-state index contributed by atoms with van der Waals surface area (Å²) in [5, 5.41) is 1.42. The lowest BCUT2D eigenvalue weighted by atomic mass is 9.88. The highest BCUT2D eigenvalue weighted by atomic mass is 79.9. The molecule has 1 heterocycles. The Morgan fingerprint density at radius 3 is 2.69 bits per heavy atom. The summed E-state index contributed by atoms with van der Waals surface area (Å²) < 4.78 is 3.96. The lowest BCUT2D eigenvalue weighted by Crippen LogP contribution is -1.99. The minimum absolute atomic E-state index is 0.533. The zero-order valence-corrected chi connectivity index (χ0v) is 21.2. The maximum Gasteiger partial charge on any atom is 0.0365 e. The van der Waals surface area contributed by atoms with E-state index in [-0.39, 0.29) is 0 Å². The first kappa shape index (κ1) is 19.8. The van der Waals surface area contributed by atoms with Crippen LogP contribution in [-0.4, -0.2) is 0 Å². The van der Waals surface area contributed by atoms with Gasteiger partial charge in [0.15, 0.2) is 0 Å². The lowest BCUT2D eigenvalue weighted by molar-refractivity contribution is 0.733. The van der Waals surface area contributed by atoms with Crippen molar-refractivity contribution in [1.82, 2.24) is 0 Å². The van der Waals surface area contributed by atoms with E-state index >= 15 is 0 Å². The molecule has 148 valence electrons. The molecule has 0 spiro atoms. The Hall–Kier alpha value is -1.16. The summed E-state index contributed by atoms with van der Waals surface area (Å²) in [4.78, 5) is 1.43. The topological polar surface area (TPSA) is 0 Å². The van der Waals surface area contributed by atoms with Crippen molar-refractivity contribution in [1.29, 1.82) is 0 Å². The third kappa shape index (κ3) is 3.04. The van der Waals surface area contributed by atoms with Crippen LogP contribution in [0.25, 0.3) is 21.7 Å². The van der Waals surface area contributed by atoms with E-state index in [1.54, 1.807) is 11.1 Å². The maximum absolute atomic E-state index is 3.97. The number of allylic oxidation sites excluding steroid dienone is 3. The number of fused-ring (bicyclic) bond motifs is 3. The van der Waals surface area contributed by atoms with E-state index in [4.69, 9.17) is 0 Å². The quantitative estimate of drug-likeness (QED) is 0.318. The van der Waals surface area contributed by atoms with Crippen LogP contribution in [0.1, 0.15) is 65.3 Å². The standard InChI is InChI=1S/C26H24Br2S/c1-13-10-21-19(6-5-7-23(21)27)17(13)8-9-18-14(2)11-22-20(18)12-24-25(26(22)28)15(3)16(4)29-24/h5-7,10,12,17H,8-9,11H2,1-4H3. The van der Waals surface area contributed by atoms with Crippen molar-refractivity contribution >= 4 is 64.9 Å². The van der Waals surface area contributed by atoms with Crippen LogP contribution >= 0.6 is 43.2 Å². The number of benzene rings is 2. The normalized spacial score (nSPS) is 17.9. The van der Waals surface area contributed by atoms with Gasteiger partial charge in [0.1, 0.15) is 0 Å². The second-order valence-electron chi connectivity index (χ2n) is 8.53. The Morgan fingerprint density at radius 1 is 1.10 bits per heavy atom. The van der Waals surface area contributed by atoms with Crippen LogP contribution < -0.4 is 0 Å². The number of hydrogen-bond donors (Lipinski definition) is 0. The van der Waals surface area contributed by atoms with Crippen molar-refractivity contribution in [2.24, 2.45) is 0 Å². The predicted octanol–water partition coefficient (Wildman–Crippen LogP) is 9.35. The van der Waals surface area contributed by atoms with Gasteiger partial charge in [-0.25, -0.2) is 0 Å². The van der Waals surface area contributed by atoms with Crippen LogP contribution in [0.15, 0.2) is 44.4 Å². The first-order valence-corrected chi connectivity index (χ1v) is 12.6. The van der Waals surface area contributed by atoms with Crippen LogP contribution in [0.5, 0.6) is 0 Å². The Morgan fingerprint density at radius 2 is 1.90 bits per heavy atom. The van der Waals surface area contributed by atoms with E-state index in [0.29, 0.717) is 5.92 Å². The highest BCUT2D eigenvalue weighted by molar-refractivity contribution is 9.11. The lowest BCUT2D eigenvalue weighted by Gasteiger charge is -2.16. The molecule has 2 aliphatic carbocycles. The zero-order valence-electron chi connectivity index (χ0n) is 17.2. The first-order valence-electron chi connectivity index (χ1n) is 10.2. The van der Waals surface area contributed by atoms with E-state index in [1.165, 1.54) is 63.7 Å². The minimum atomic E-state index is 0.533. The Kier molecular flexibility index (Phi) is 4.92. The minimum Gasteiger partial charge on any atom is -0.140 e. The fourth-order valence-corrected chi connectivity index (χ4v) is 7.77. The third-order valence-electron chi connectivity index (χ3n) is 6.85. The summed E-state index contributed by atoms with van der Waals surface area (Å²) in [5.74, 6) is 0.533. The summed E-state index contributed by atoms with van der Waals surface area (Å²) in [7, 11) is 0. The molecule has 3 aromatic rings. The van der Waals surface area contributed by atoms with E-state index in [1.807, 2.05) is 11.3 Å². The summed E-state index contributed by atoms with van der Waals surface area (Å²) in [6.45, 7) is 9.12. The molecule has 1 aromatic heterocycles.